The van der Waals surface area contributed by atoms with Gasteiger partial charge in [0.15, 0.2) is 5.75 Å². The highest BCUT2D eigenvalue weighted by Gasteiger charge is 2.48. The van der Waals surface area contributed by atoms with E-state index in [9.17, 15) is 18.4 Å². The van der Waals surface area contributed by atoms with E-state index in [1.807, 2.05) is 6.92 Å². The van der Waals surface area contributed by atoms with E-state index >= 15 is 0 Å². The number of halogens is 2. The van der Waals surface area contributed by atoms with Gasteiger partial charge in [-0.25, -0.2) is 18.6 Å². The minimum Gasteiger partial charge on any atom is -0.443 e. The molecule has 1 saturated carbocycles. The monoisotopic (exact) mass is 422 g/mol. The number of aromatic nitrogens is 3. The van der Waals surface area contributed by atoms with Crippen LogP contribution >= 0.6 is 0 Å². The zero-order chi connectivity index (χ0) is 22.1. The lowest BCUT2D eigenvalue weighted by Crippen LogP contribution is -2.51. The smallest absolute Gasteiger partial charge is 0.410 e. The van der Waals surface area contributed by atoms with Gasteiger partial charge in [0.1, 0.15) is 6.61 Å². The highest BCUT2D eigenvalue weighted by molar-refractivity contribution is 5.71. The number of amides is 1. The van der Waals surface area contributed by atoms with Crippen LogP contribution in [0.4, 0.5) is 13.6 Å². The Kier molecular flexibility index (Phi) is 6.04. The van der Waals surface area contributed by atoms with Crippen molar-refractivity contribution in [1.82, 2.24) is 19.7 Å². The molecular weight excluding hydrogens is 398 g/mol. The third kappa shape index (κ3) is 4.58. The number of alkyl halides is 2. The number of hydrogen-bond donors (Lipinski definition) is 0. The third-order valence-corrected chi connectivity index (χ3v) is 5.10. The lowest BCUT2D eigenvalue weighted by molar-refractivity contribution is -0.132. The van der Waals surface area contributed by atoms with Crippen molar-refractivity contribution in [2.75, 3.05) is 7.05 Å². The number of nitrogens with zero attached hydrogens (tertiary/aromatic N) is 4. The fourth-order valence-corrected chi connectivity index (χ4v) is 3.27. The van der Waals surface area contributed by atoms with Gasteiger partial charge in [-0.2, -0.15) is 5.10 Å². The van der Waals surface area contributed by atoms with Gasteiger partial charge >= 0.3 is 12.1 Å². The van der Waals surface area contributed by atoms with Gasteiger partial charge in [-0.05, 0) is 18.6 Å². The fourth-order valence-electron chi connectivity index (χ4n) is 3.27. The summed E-state index contributed by atoms with van der Waals surface area (Å²) in [6, 6.07) is 2.83. The molecule has 3 rings (SSSR count). The molecule has 0 spiro atoms. The van der Waals surface area contributed by atoms with Gasteiger partial charge in [0.25, 0.3) is 5.92 Å². The standard InChI is InChI=1S/C20H24F2N4O4/c1-5-15-18(30-12(2)27)7-6-16(24-15)14-10-23-26(4)17(14)11-29-19(28)25(3)13-8-20(21,22)9-13/h6-7,10,13H,5,8-9,11H2,1-4H3. The predicted octanol–water partition coefficient (Wildman–Crippen LogP) is 3.34. The molecule has 8 nitrogen and oxygen atoms in total. The Morgan fingerprint density at radius 3 is 2.63 bits per heavy atom. The van der Waals surface area contributed by atoms with Crippen molar-refractivity contribution < 1.29 is 27.8 Å². The van der Waals surface area contributed by atoms with E-state index < -0.39 is 24.0 Å². The molecule has 1 aliphatic rings. The summed E-state index contributed by atoms with van der Waals surface area (Å²) < 4.78 is 38.2. The van der Waals surface area contributed by atoms with E-state index in [1.54, 1.807) is 30.1 Å². The summed E-state index contributed by atoms with van der Waals surface area (Å²) in [6.07, 6.45) is 0.780. The molecule has 2 aromatic rings. The highest BCUT2D eigenvalue weighted by Crippen LogP contribution is 2.40. The van der Waals surface area contributed by atoms with E-state index in [-0.39, 0.29) is 19.4 Å². The number of ether oxygens (including phenoxy) is 2. The first-order valence-electron chi connectivity index (χ1n) is 9.58. The number of esters is 1. The Morgan fingerprint density at radius 2 is 2.03 bits per heavy atom. The largest absolute Gasteiger partial charge is 0.443 e. The SMILES string of the molecule is CCc1nc(-c2cnn(C)c2COC(=O)N(C)C2CC(F)(F)C2)ccc1OC(C)=O. The summed E-state index contributed by atoms with van der Waals surface area (Å²) in [6.45, 7) is 3.13. The van der Waals surface area contributed by atoms with Gasteiger partial charge in [-0.15, -0.1) is 0 Å². The Morgan fingerprint density at radius 1 is 1.33 bits per heavy atom. The molecule has 10 heteroatoms. The molecule has 0 bridgehead atoms. The first-order valence-corrected chi connectivity index (χ1v) is 9.58. The van der Waals surface area contributed by atoms with Gasteiger partial charge in [0.05, 0.1) is 23.3 Å². The third-order valence-electron chi connectivity index (χ3n) is 5.10. The van der Waals surface area contributed by atoms with Crippen LogP contribution in [0.1, 0.15) is 38.1 Å². The van der Waals surface area contributed by atoms with Crippen molar-refractivity contribution in [3.8, 4) is 17.0 Å². The van der Waals surface area contributed by atoms with Gasteiger partial charge in [-0.3, -0.25) is 9.48 Å². The predicted molar refractivity (Wildman–Crippen MR) is 103 cm³/mol. The Labute approximate surface area is 172 Å². The summed E-state index contributed by atoms with van der Waals surface area (Å²) in [5, 5.41) is 4.21. The Bertz CT molecular complexity index is 952. The van der Waals surface area contributed by atoms with Crippen LogP contribution < -0.4 is 4.74 Å². The Balaban J connectivity index is 1.74. The number of hydrogen-bond acceptors (Lipinski definition) is 6. The van der Waals surface area contributed by atoms with Crippen molar-refractivity contribution in [2.45, 2.75) is 51.7 Å². The van der Waals surface area contributed by atoms with Crippen LogP contribution in [0.5, 0.6) is 5.75 Å². The summed E-state index contributed by atoms with van der Waals surface area (Å²) in [4.78, 5) is 29.3. The normalized spacial score (nSPS) is 15.4. The van der Waals surface area contributed by atoms with Crippen LogP contribution in [0.2, 0.25) is 0 Å². The minimum absolute atomic E-state index is 0.0903. The number of pyridine rings is 1. The van der Waals surface area contributed by atoms with Gasteiger partial charge in [-0.1, -0.05) is 6.92 Å². The van der Waals surface area contributed by atoms with E-state index in [2.05, 4.69) is 10.1 Å². The quantitative estimate of drug-likeness (QED) is 0.664. The molecular formula is C20H24F2N4O4. The second kappa shape index (κ2) is 8.37. The van der Waals surface area contributed by atoms with Crippen molar-refractivity contribution in [2.24, 2.45) is 7.05 Å². The average molecular weight is 422 g/mol. The van der Waals surface area contributed by atoms with Crippen LogP contribution in [0.25, 0.3) is 11.3 Å². The van der Waals surface area contributed by atoms with Gasteiger partial charge < -0.3 is 14.4 Å². The van der Waals surface area contributed by atoms with Crippen LogP contribution in [-0.2, 0) is 29.6 Å². The maximum absolute atomic E-state index is 13.0. The number of aryl methyl sites for hydroxylation is 2. The maximum atomic E-state index is 13.0. The first kappa shape index (κ1) is 21.7. The van der Waals surface area contributed by atoms with Crippen LogP contribution in [-0.4, -0.2) is 50.7 Å². The minimum atomic E-state index is -2.71. The van der Waals surface area contributed by atoms with E-state index in [1.165, 1.54) is 18.9 Å². The number of carbonyl (C=O) groups excluding carboxylic acids is 2. The van der Waals surface area contributed by atoms with Gasteiger partial charge in [0, 0.05) is 45.5 Å². The number of carbonyl (C=O) groups is 2. The van der Waals surface area contributed by atoms with Crippen LogP contribution in [0, 0.1) is 0 Å². The molecule has 2 heterocycles. The lowest BCUT2D eigenvalue weighted by Gasteiger charge is -2.40. The molecule has 1 aliphatic carbocycles. The molecule has 0 radical (unpaired) electrons. The molecule has 0 atom stereocenters. The second-order valence-corrected chi connectivity index (χ2v) is 7.30. The summed E-state index contributed by atoms with van der Waals surface area (Å²) in [5.41, 5.74) is 2.46. The lowest BCUT2D eigenvalue weighted by atomic mass is 9.87. The molecule has 0 aliphatic heterocycles. The molecule has 0 aromatic carbocycles. The van der Waals surface area contributed by atoms with Crippen molar-refractivity contribution in [3.05, 3.63) is 29.7 Å². The van der Waals surface area contributed by atoms with E-state index in [0.29, 0.717) is 34.8 Å². The van der Waals surface area contributed by atoms with Crippen molar-refractivity contribution in [1.29, 1.82) is 0 Å². The summed E-state index contributed by atoms with van der Waals surface area (Å²) in [7, 11) is 3.16. The van der Waals surface area contributed by atoms with Crippen molar-refractivity contribution in [3.63, 3.8) is 0 Å². The zero-order valence-corrected chi connectivity index (χ0v) is 17.3. The first-order chi connectivity index (χ1) is 14.1. The number of rotatable bonds is 6. The molecule has 0 unspecified atom stereocenters. The summed E-state index contributed by atoms with van der Waals surface area (Å²) >= 11 is 0. The molecule has 30 heavy (non-hydrogen) atoms. The topological polar surface area (TPSA) is 86.6 Å². The van der Waals surface area contributed by atoms with E-state index in [0.717, 1.165) is 0 Å². The molecule has 2 aromatic heterocycles. The summed E-state index contributed by atoms with van der Waals surface area (Å²) in [5.74, 6) is -2.75. The second-order valence-electron chi connectivity index (χ2n) is 7.30. The molecule has 1 fully saturated rings. The highest BCUT2D eigenvalue weighted by atomic mass is 19.3. The van der Waals surface area contributed by atoms with Crippen LogP contribution in [0.3, 0.4) is 0 Å². The maximum Gasteiger partial charge on any atom is 0.410 e. The molecule has 1 amide bonds. The van der Waals surface area contributed by atoms with Crippen molar-refractivity contribution >= 4 is 12.1 Å². The van der Waals surface area contributed by atoms with E-state index in [4.69, 9.17) is 9.47 Å². The molecule has 0 saturated heterocycles. The average Bonchev–Trinajstić information content (AvgIpc) is 3.03. The van der Waals surface area contributed by atoms with Gasteiger partial charge in [0.2, 0.25) is 0 Å². The molecule has 0 N–H and O–H groups in total. The fraction of sp³-hybridized carbons (Fsp3) is 0.500. The Hall–Kier alpha value is -3.04. The van der Waals surface area contributed by atoms with Crippen LogP contribution in [0.15, 0.2) is 18.3 Å². The zero-order valence-electron chi connectivity index (χ0n) is 17.3. The molecule has 162 valence electrons.